The molecule has 1 radical (unpaired) electrons. The van der Waals surface area contributed by atoms with Crippen molar-refractivity contribution >= 4 is 5.91 Å². The van der Waals surface area contributed by atoms with Crippen molar-refractivity contribution < 1.29 is 4.79 Å². The zero-order chi connectivity index (χ0) is 8.97. The summed E-state index contributed by atoms with van der Waals surface area (Å²) >= 11 is 0. The lowest BCUT2D eigenvalue weighted by molar-refractivity contribution is -0.119. The molecule has 1 saturated heterocycles. The molecule has 0 aromatic rings. The summed E-state index contributed by atoms with van der Waals surface area (Å²) in [7, 11) is 0. The minimum atomic E-state index is -0.219. The highest BCUT2D eigenvalue weighted by Gasteiger charge is 2.18. The van der Waals surface area contributed by atoms with Gasteiger partial charge in [0.2, 0.25) is 5.91 Å². The van der Waals surface area contributed by atoms with Crippen molar-refractivity contribution in [2.75, 3.05) is 19.6 Å². The second-order valence-corrected chi connectivity index (χ2v) is 3.47. The Morgan fingerprint density at radius 3 is 2.50 bits per heavy atom. The summed E-state index contributed by atoms with van der Waals surface area (Å²) < 4.78 is 0. The van der Waals surface area contributed by atoms with E-state index in [-0.39, 0.29) is 5.91 Å². The third-order valence-electron chi connectivity index (χ3n) is 2.49. The molecule has 0 spiro atoms. The predicted molar refractivity (Wildman–Crippen MR) is 48.3 cm³/mol. The first-order valence-electron chi connectivity index (χ1n) is 4.52. The largest absolute Gasteiger partial charge is 0.369 e. The third kappa shape index (κ3) is 2.81. The predicted octanol–water partition coefficient (Wildman–Crippen LogP) is 0.408. The summed E-state index contributed by atoms with van der Waals surface area (Å²) in [5, 5.41) is 0. The molecule has 3 nitrogen and oxygen atoms in total. The van der Waals surface area contributed by atoms with E-state index >= 15 is 0 Å². The molecule has 0 aromatic carbocycles. The number of likely N-dealkylation sites (tertiary alicyclic amines) is 1. The van der Waals surface area contributed by atoms with Gasteiger partial charge in [0.1, 0.15) is 0 Å². The number of amides is 1. The first-order chi connectivity index (χ1) is 5.72. The van der Waals surface area contributed by atoms with Crippen molar-refractivity contribution in [1.82, 2.24) is 4.90 Å². The number of rotatable bonds is 3. The van der Waals surface area contributed by atoms with Gasteiger partial charge in [-0.15, -0.1) is 0 Å². The smallest absolute Gasteiger partial charge is 0.231 e. The molecule has 1 rings (SSSR count). The average Bonchev–Trinajstić information content (AvgIpc) is 2.05. The molecule has 0 unspecified atom stereocenters. The molecule has 1 fully saturated rings. The number of primary amides is 1. The molecule has 1 amide bonds. The van der Waals surface area contributed by atoms with Crippen LogP contribution in [0.1, 0.15) is 19.3 Å². The van der Waals surface area contributed by atoms with Crippen LogP contribution in [-0.2, 0) is 4.79 Å². The Balaban J connectivity index is 2.21. The molecule has 3 heteroatoms. The van der Waals surface area contributed by atoms with Gasteiger partial charge in [0.25, 0.3) is 0 Å². The van der Waals surface area contributed by atoms with Crippen LogP contribution in [0.5, 0.6) is 0 Å². The Morgan fingerprint density at radius 1 is 1.50 bits per heavy atom. The molecular formula is C9H17N2O. The first kappa shape index (κ1) is 9.52. The maximum atomic E-state index is 10.6. The zero-order valence-corrected chi connectivity index (χ0v) is 7.46. The van der Waals surface area contributed by atoms with E-state index in [4.69, 9.17) is 5.73 Å². The normalized spacial score (nSPS) is 21.1. The molecule has 2 N–H and O–H groups in total. The third-order valence-corrected chi connectivity index (χ3v) is 2.49. The van der Waals surface area contributed by atoms with E-state index < -0.39 is 0 Å². The van der Waals surface area contributed by atoms with Crippen molar-refractivity contribution in [2.24, 2.45) is 11.7 Å². The molecule has 0 aliphatic carbocycles. The fourth-order valence-electron chi connectivity index (χ4n) is 1.65. The standard InChI is InChI=1S/C9H17N2O/c1-2-8-3-5-11(6-4-8)7-9(10)12/h8H,1-7H2,(H2,10,12). The SMILES string of the molecule is [CH2]CC1CCN(CC(N)=O)CC1. The Bertz CT molecular complexity index is 151. The summed E-state index contributed by atoms with van der Waals surface area (Å²) in [5.41, 5.74) is 5.10. The number of carbonyl (C=O) groups excluding carboxylic acids is 1. The van der Waals surface area contributed by atoms with Crippen molar-refractivity contribution in [3.05, 3.63) is 6.92 Å². The first-order valence-corrected chi connectivity index (χ1v) is 4.52. The Hall–Kier alpha value is -0.570. The van der Waals surface area contributed by atoms with Gasteiger partial charge in [0, 0.05) is 0 Å². The van der Waals surface area contributed by atoms with Gasteiger partial charge in [0.15, 0.2) is 0 Å². The number of piperidine rings is 1. The fourth-order valence-corrected chi connectivity index (χ4v) is 1.65. The molecular weight excluding hydrogens is 152 g/mol. The topological polar surface area (TPSA) is 46.3 Å². The average molecular weight is 169 g/mol. The van der Waals surface area contributed by atoms with Crippen LogP contribution in [-0.4, -0.2) is 30.4 Å². The van der Waals surface area contributed by atoms with Gasteiger partial charge >= 0.3 is 0 Å². The van der Waals surface area contributed by atoms with Crippen molar-refractivity contribution in [2.45, 2.75) is 19.3 Å². The monoisotopic (exact) mass is 169 g/mol. The van der Waals surface area contributed by atoms with E-state index in [1.54, 1.807) is 0 Å². The lowest BCUT2D eigenvalue weighted by atomic mass is 9.94. The van der Waals surface area contributed by atoms with Crippen LogP contribution in [0.25, 0.3) is 0 Å². The van der Waals surface area contributed by atoms with Crippen LogP contribution < -0.4 is 5.73 Å². The molecule has 69 valence electrons. The summed E-state index contributed by atoms with van der Waals surface area (Å²) in [6, 6.07) is 0. The van der Waals surface area contributed by atoms with Gasteiger partial charge in [-0.25, -0.2) is 0 Å². The van der Waals surface area contributed by atoms with Crippen LogP contribution in [0.3, 0.4) is 0 Å². The highest BCUT2D eigenvalue weighted by molar-refractivity contribution is 5.75. The Kier molecular flexibility index (Phi) is 3.53. The van der Waals surface area contributed by atoms with Crippen LogP contribution in [0.2, 0.25) is 0 Å². The molecule has 1 aliphatic rings. The van der Waals surface area contributed by atoms with Crippen LogP contribution in [0, 0.1) is 12.8 Å². The fraction of sp³-hybridized carbons (Fsp3) is 0.778. The quantitative estimate of drug-likeness (QED) is 0.665. The Labute approximate surface area is 73.9 Å². The van der Waals surface area contributed by atoms with Gasteiger partial charge in [-0.1, -0.05) is 13.3 Å². The molecule has 0 aromatic heterocycles. The van der Waals surface area contributed by atoms with Gasteiger partial charge < -0.3 is 5.73 Å². The van der Waals surface area contributed by atoms with Gasteiger partial charge in [-0.3, -0.25) is 9.69 Å². The molecule has 1 aliphatic heterocycles. The van der Waals surface area contributed by atoms with Crippen molar-refractivity contribution in [1.29, 1.82) is 0 Å². The summed E-state index contributed by atoms with van der Waals surface area (Å²) in [5.74, 6) is 0.539. The van der Waals surface area contributed by atoms with Crippen LogP contribution in [0.4, 0.5) is 0 Å². The zero-order valence-electron chi connectivity index (χ0n) is 7.46. The lowest BCUT2D eigenvalue weighted by Crippen LogP contribution is -2.39. The van der Waals surface area contributed by atoms with Crippen LogP contribution in [0.15, 0.2) is 0 Å². The number of nitrogens with two attached hydrogens (primary N) is 1. The number of carbonyl (C=O) groups is 1. The van der Waals surface area contributed by atoms with Crippen LogP contribution >= 0.6 is 0 Å². The molecule has 12 heavy (non-hydrogen) atoms. The second kappa shape index (κ2) is 4.45. The molecule has 0 bridgehead atoms. The van der Waals surface area contributed by atoms with Gasteiger partial charge in [-0.2, -0.15) is 0 Å². The molecule has 1 heterocycles. The number of nitrogens with zero attached hydrogens (tertiary/aromatic N) is 1. The number of hydrogen-bond donors (Lipinski definition) is 1. The molecule has 0 atom stereocenters. The van der Waals surface area contributed by atoms with Gasteiger partial charge in [-0.05, 0) is 31.8 Å². The van der Waals surface area contributed by atoms with E-state index in [9.17, 15) is 4.79 Å². The number of hydrogen-bond acceptors (Lipinski definition) is 2. The highest BCUT2D eigenvalue weighted by atomic mass is 16.1. The minimum Gasteiger partial charge on any atom is -0.369 e. The van der Waals surface area contributed by atoms with E-state index in [0.717, 1.165) is 38.3 Å². The summed E-state index contributed by atoms with van der Waals surface area (Å²) in [4.78, 5) is 12.7. The molecule has 0 saturated carbocycles. The minimum absolute atomic E-state index is 0.219. The van der Waals surface area contributed by atoms with E-state index in [2.05, 4.69) is 11.8 Å². The lowest BCUT2D eigenvalue weighted by Gasteiger charge is -2.30. The Morgan fingerprint density at radius 2 is 2.08 bits per heavy atom. The van der Waals surface area contributed by atoms with E-state index in [1.165, 1.54) is 0 Å². The maximum Gasteiger partial charge on any atom is 0.231 e. The maximum absolute atomic E-state index is 10.6. The summed E-state index contributed by atoms with van der Waals surface area (Å²) in [6.45, 7) is 6.31. The van der Waals surface area contributed by atoms with Crippen molar-refractivity contribution in [3.8, 4) is 0 Å². The second-order valence-electron chi connectivity index (χ2n) is 3.47. The van der Waals surface area contributed by atoms with E-state index in [1.807, 2.05) is 0 Å². The highest BCUT2D eigenvalue weighted by Crippen LogP contribution is 2.18. The van der Waals surface area contributed by atoms with Gasteiger partial charge in [0.05, 0.1) is 6.54 Å². The van der Waals surface area contributed by atoms with Crippen molar-refractivity contribution in [3.63, 3.8) is 0 Å². The summed E-state index contributed by atoms with van der Waals surface area (Å²) in [6.07, 6.45) is 3.35. The van der Waals surface area contributed by atoms with E-state index in [0.29, 0.717) is 6.54 Å².